The van der Waals surface area contributed by atoms with Crippen LogP contribution >= 0.6 is 0 Å². The van der Waals surface area contributed by atoms with E-state index in [1.54, 1.807) is 6.92 Å². The maximum atomic E-state index is 12.0. The zero-order valence-corrected chi connectivity index (χ0v) is 11.1. The molecule has 1 atom stereocenters. The Kier molecular flexibility index (Phi) is 5.00. The van der Waals surface area contributed by atoms with Gasteiger partial charge < -0.3 is 20.7 Å². The van der Waals surface area contributed by atoms with E-state index in [4.69, 9.17) is 10.8 Å². The third kappa shape index (κ3) is 4.03. The van der Waals surface area contributed by atoms with E-state index in [0.29, 0.717) is 0 Å². The van der Waals surface area contributed by atoms with E-state index in [9.17, 15) is 24.5 Å². The molecule has 1 aromatic heterocycles. The number of carbonyl (C=O) groups excluding carboxylic acids is 2. The van der Waals surface area contributed by atoms with Crippen LogP contribution in [0.4, 0.5) is 5.69 Å². The van der Waals surface area contributed by atoms with Gasteiger partial charge in [-0.25, -0.2) is 4.79 Å². The molecule has 0 radical (unpaired) electrons. The normalized spacial score (nSPS) is 11.7. The van der Waals surface area contributed by atoms with E-state index in [1.165, 1.54) is 10.8 Å². The molecule has 0 bridgehead atoms. The quantitative estimate of drug-likeness (QED) is 0.453. The number of aromatic nitrogens is 1. The minimum absolute atomic E-state index is 0.0695. The summed E-state index contributed by atoms with van der Waals surface area (Å²) < 4.78 is 1.30. The Morgan fingerprint density at radius 1 is 1.52 bits per heavy atom. The molecule has 2 amide bonds. The first-order chi connectivity index (χ1) is 9.76. The van der Waals surface area contributed by atoms with Crippen LogP contribution in [0.15, 0.2) is 12.3 Å². The van der Waals surface area contributed by atoms with Crippen LogP contribution in [0.2, 0.25) is 0 Å². The lowest BCUT2D eigenvalue weighted by Crippen LogP contribution is -2.43. The van der Waals surface area contributed by atoms with Gasteiger partial charge in [-0.3, -0.25) is 19.7 Å². The highest BCUT2D eigenvalue weighted by Gasteiger charge is 2.25. The van der Waals surface area contributed by atoms with Gasteiger partial charge in [-0.05, 0) is 6.92 Å². The van der Waals surface area contributed by atoms with Gasteiger partial charge >= 0.3 is 5.97 Å². The zero-order valence-electron chi connectivity index (χ0n) is 11.1. The first-order valence-electron chi connectivity index (χ1n) is 5.92. The van der Waals surface area contributed by atoms with Gasteiger partial charge in [0.25, 0.3) is 11.6 Å². The number of nitrogens with zero attached hydrogens (tertiary/aromatic N) is 2. The second kappa shape index (κ2) is 6.50. The molecule has 0 aliphatic heterocycles. The van der Waals surface area contributed by atoms with Gasteiger partial charge in [0.2, 0.25) is 5.91 Å². The van der Waals surface area contributed by atoms with Crippen molar-refractivity contribution in [2.24, 2.45) is 5.73 Å². The first-order valence-corrected chi connectivity index (χ1v) is 5.92. The standard InChI is InChI=1S/C11H14N4O6/c1-2-14-5-6(15(20)21)3-8(14)10(17)13-7(11(18)19)4-9(12)16/h3,5,7H,2,4H2,1H3,(H2,12,16)(H,13,17)(H,18,19)/t7-/m1/s1. The summed E-state index contributed by atoms with van der Waals surface area (Å²) in [5, 5.41) is 21.7. The number of carbonyl (C=O) groups is 3. The van der Waals surface area contributed by atoms with Crippen molar-refractivity contribution >= 4 is 23.5 Å². The monoisotopic (exact) mass is 298 g/mol. The van der Waals surface area contributed by atoms with Crippen LogP contribution in [0.1, 0.15) is 23.8 Å². The highest BCUT2D eigenvalue weighted by atomic mass is 16.6. The molecule has 1 aromatic rings. The van der Waals surface area contributed by atoms with Crippen LogP contribution in [0.3, 0.4) is 0 Å². The van der Waals surface area contributed by atoms with Crippen LogP contribution in [-0.2, 0) is 16.1 Å². The van der Waals surface area contributed by atoms with Gasteiger partial charge in [-0.15, -0.1) is 0 Å². The number of nitro groups is 1. The van der Waals surface area contributed by atoms with E-state index in [1.807, 2.05) is 0 Å². The van der Waals surface area contributed by atoms with Gasteiger partial charge in [0, 0.05) is 12.6 Å². The van der Waals surface area contributed by atoms with Gasteiger partial charge in [-0.1, -0.05) is 0 Å². The summed E-state index contributed by atoms with van der Waals surface area (Å²) in [6, 6.07) is -0.462. The number of primary amides is 1. The molecule has 0 aromatic carbocycles. The van der Waals surface area contributed by atoms with Crippen molar-refractivity contribution in [3.05, 3.63) is 28.1 Å². The van der Waals surface area contributed by atoms with Crippen molar-refractivity contribution in [1.82, 2.24) is 9.88 Å². The highest BCUT2D eigenvalue weighted by molar-refractivity contribution is 5.97. The fraction of sp³-hybridized carbons (Fsp3) is 0.364. The molecule has 0 saturated heterocycles. The largest absolute Gasteiger partial charge is 0.480 e. The number of carboxylic acids is 1. The molecule has 10 heteroatoms. The smallest absolute Gasteiger partial charge is 0.326 e. The molecule has 0 aliphatic carbocycles. The molecule has 0 unspecified atom stereocenters. The first kappa shape index (κ1) is 16.1. The summed E-state index contributed by atoms with van der Waals surface area (Å²) in [5.41, 5.74) is 4.54. The number of carboxylic acid groups (broad SMARTS) is 1. The number of aliphatic carboxylic acids is 1. The van der Waals surface area contributed by atoms with E-state index in [-0.39, 0.29) is 17.9 Å². The number of aryl methyl sites for hydroxylation is 1. The molecule has 0 aliphatic rings. The Labute approximate surface area is 118 Å². The van der Waals surface area contributed by atoms with Gasteiger partial charge in [0.05, 0.1) is 17.5 Å². The predicted octanol–water partition coefficient (Wildman–Crippen LogP) is -0.525. The summed E-state index contributed by atoms with van der Waals surface area (Å²) in [4.78, 5) is 43.7. The highest BCUT2D eigenvalue weighted by Crippen LogP contribution is 2.16. The number of hydrogen-bond acceptors (Lipinski definition) is 5. The van der Waals surface area contributed by atoms with E-state index < -0.39 is 35.2 Å². The summed E-state index contributed by atoms with van der Waals surface area (Å²) in [7, 11) is 0. The Bertz CT molecular complexity index is 594. The van der Waals surface area contributed by atoms with E-state index >= 15 is 0 Å². The average molecular weight is 298 g/mol. The van der Waals surface area contributed by atoms with Gasteiger partial charge in [0.15, 0.2) is 0 Å². The lowest BCUT2D eigenvalue weighted by atomic mass is 10.2. The summed E-state index contributed by atoms with van der Waals surface area (Å²) in [5.74, 6) is -3.15. The SMILES string of the molecule is CCn1cc([N+](=O)[O-])cc1C(=O)N[C@H](CC(N)=O)C(=O)O. The van der Waals surface area contributed by atoms with Crippen molar-refractivity contribution in [3.8, 4) is 0 Å². The molecule has 114 valence electrons. The summed E-state index contributed by atoms with van der Waals surface area (Å²) >= 11 is 0. The molecular formula is C11H14N4O6. The maximum absolute atomic E-state index is 12.0. The predicted molar refractivity (Wildman–Crippen MR) is 69.5 cm³/mol. The molecule has 0 saturated carbocycles. The van der Waals surface area contributed by atoms with Crippen molar-refractivity contribution in [2.45, 2.75) is 25.9 Å². The Balaban J connectivity index is 2.99. The molecule has 10 nitrogen and oxygen atoms in total. The number of rotatable bonds is 7. The second-order valence-corrected chi connectivity index (χ2v) is 4.16. The molecule has 0 fully saturated rings. The fourth-order valence-corrected chi connectivity index (χ4v) is 1.68. The van der Waals surface area contributed by atoms with Crippen molar-refractivity contribution in [2.75, 3.05) is 0 Å². The van der Waals surface area contributed by atoms with Crippen molar-refractivity contribution < 1.29 is 24.4 Å². The summed E-state index contributed by atoms with van der Waals surface area (Å²) in [6.07, 6.45) is 0.592. The average Bonchev–Trinajstić information content (AvgIpc) is 2.81. The van der Waals surface area contributed by atoms with Crippen LogP contribution in [0, 0.1) is 10.1 Å². The molecule has 21 heavy (non-hydrogen) atoms. The van der Waals surface area contributed by atoms with E-state index in [2.05, 4.69) is 5.32 Å². The lowest BCUT2D eigenvalue weighted by molar-refractivity contribution is -0.384. The van der Waals surface area contributed by atoms with Crippen LogP contribution in [-0.4, -0.2) is 38.4 Å². The second-order valence-electron chi connectivity index (χ2n) is 4.16. The zero-order chi connectivity index (χ0) is 16.2. The maximum Gasteiger partial charge on any atom is 0.326 e. The fourth-order valence-electron chi connectivity index (χ4n) is 1.68. The molecule has 4 N–H and O–H groups in total. The van der Waals surface area contributed by atoms with Crippen LogP contribution in [0.25, 0.3) is 0 Å². The van der Waals surface area contributed by atoms with E-state index in [0.717, 1.165) is 6.07 Å². The third-order valence-electron chi connectivity index (χ3n) is 2.68. The topological polar surface area (TPSA) is 158 Å². The van der Waals surface area contributed by atoms with Crippen LogP contribution < -0.4 is 11.1 Å². The van der Waals surface area contributed by atoms with Crippen LogP contribution in [0.5, 0.6) is 0 Å². The van der Waals surface area contributed by atoms with Gasteiger partial charge in [-0.2, -0.15) is 0 Å². The molecular weight excluding hydrogens is 284 g/mol. The Morgan fingerprint density at radius 3 is 2.57 bits per heavy atom. The number of nitrogens with two attached hydrogens (primary N) is 1. The molecule has 1 heterocycles. The Morgan fingerprint density at radius 2 is 2.14 bits per heavy atom. The Hall–Kier alpha value is -2.91. The summed E-state index contributed by atoms with van der Waals surface area (Å²) in [6.45, 7) is 1.95. The van der Waals surface area contributed by atoms with Gasteiger partial charge in [0.1, 0.15) is 11.7 Å². The van der Waals surface area contributed by atoms with Crippen molar-refractivity contribution in [3.63, 3.8) is 0 Å². The minimum atomic E-state index is -1.49. The lowest BCUT2D eigenvalue weighted by Gasteiger charge is -2.13. The number of amides is 2. The van der Waals surface area contributed by atoms with Crippen molar-refractivity contribution in [1.29, 1.82) is 0 Å². The third-order valence-corrected chi connectivity index (χ3v) is 2.68. The molecule has 1 rings (SSSR count). The minimum Gasteiger partial charge on any atom is -0.480 e. The molecule has 0 spiro atoms. The number of hydrogen-bond donors (Lipinski definition) is 3. The number of nitrogens with one attached hydrogen (secondary N) is 1.